The molecule has 5 heteroatoms. The Kier molecular flexibility index (Phi) is 3.20. The van der Waals surface area contributed by atoms with E-state index >= 15 is 0 Å². The van der Waals surface area contributed by atoms with Crippen LogP contribution >= 0.6 is 0 Å². The molecule has 4 atom stereocenters. The summed E-state index contributed by atoms with van der Waals surface area (Å²) in [4.78, 5) is 14.8. The largest absolute Gasteiger partial charge is 0.345 e. The van der Waals surface area contributed by atoms with Gasteiger partial charge in [0.2, 0.25) is 5.91 Å². The van der Waals surface area contributed by atoms with Crippen LogP contribution in [0.3, 0.4) is 0 Å². The number of ether oxygens (including phenoxy) is 1. The molecule has 0 radical (unpaired) electrons. The molecule has 116 valence electrons. The standard InChI is InChI=1S/C17H21N3O2/c1-18(2)20-10-6-9-13-14(20)15-17(22-15)19(16(13)21)11-12-7-4-3-5-8-12/h3-8,10,13-15,17H,9,11H2,1-2H3. The van der Waals surface area contributed by atoms with Crippen molar-refractivity contribution in [2.75, 3.05) is 14.1 Å². The van der Waals surface area contributed by atoms with Gasteiger partial charge in [-0.2, -0.15) is 0 Å². The molecule has 22 heavy (non-hydrogen) atoms. The second-order valence-corrected chi connectivity index (χ2v) is 6.39. The number of hydrazine groups is 1. The number of benzene rings is 1. The fourth-order valence-corrected chi connectivity index (χ4v) is 3.67. The highest BCUT2D eigenvalue weighted by Crippen LogP contribution is 2.44. The quantitative estimate of drug-likeness (QED) is 0.792. The van der Waals surface area contributed by atoms with Gasteiger partial charge in [0.15, 0.2) is 6.23 Å². The van der Waals surface area contributed by atoms with Gasteiger partial charge in [0, 0.05) is 26.8 Å². The summed E-state index contributed by atoms with van der Waals surface area (Å²) in [6.45, 7) is 0.635. The minimum absolute atomic E-state index is 0.0140. The molecule has 0 saturated carbocycles. The van der Waals surface area contributed by atoms with Crippen LogP contribution in [0, 0.1) is 5.92 Å². The molecule has 1 aromatic carbocycles. The summed E-state index contributed by atoms with van der Waals surface area (Å²) in [5, 5.41) is 4.17. The van der Waals surface area contributed by atoms with Crippen molar-refractivity contribution in [1.82, 2.24) is 14.9 Å². The molecule has 2 saturated heterocycles. The van der Waals surface area contributed by atoms with Gasteiger partial charge in [0.05, 0.1) is 12.0 Å². The third-order valence-corrected chi connectivity index (χ3v) is 4.77. The molecule has 4 unspecified atom stereocenters. The summed E-state index contributed by atoms with van der Waals surface area (Å²) in [7, 11) is 4.01. The molecule has 5 nitrogen and oxygen atoms in total. The van der Waals surface area contributed by atoms with E-state index in [4.69, 9.17) is 4.74 Å². The third kappa shape index (κ3) is 2.12. The van der Waals surface area contributed by atoms with Gasteiger partial charge in [-0.1, -0.05) is 36.4 Å². The Hall–Kier alpha value is -1.85. The number of epoxide rings is 1. The van der Waals surface area contributed by atoms with Crippen molar-refractivity contribution in [2.45, 2.75) is 31.3 Å². The van der Waals surface area contributed by atoms with Crippen LogP contribution < -0.4 is 0 Å². The lowest BCUT2D eigenvalue weighted by Crippen LogP contribution is -2.59. The van der Waals surface area contributed by atoms with E-state index in [0.717, 1.165) is 12.0 Å². The number of likely N-dealkylation sites (tertiary alicyclic amines) is 1. The number of carbonyl (C=O) groups excluding carboxylic acids is 1. The van der Waals surface area contributed by atoms with E-state index in [9.17, 15) is 4.79 Å². The molecule has 0 N–H and O–H groups in total. The molecule has 2 fully saturated rings. The number of fused-ring (bicyclic) bond motifs is 3. The highest BCUT2D eigenvalue weighted by atomic mass is 16.6. The number of hydrogen-bond donors (Lipinski definition) is 0. The number of amides is 1. The zero-order valence-corrected chi connectivity index (χ0v) is 12.9. The van der Waals surface area contributed by atoms with E-state index < -0.39 is 0 Å². The highest BCUT2D eigenvalue weighted by Gasteiger charge is 2.61. The van der Waals surface area contributed by atoms with Gasteiger partial charge in [-0.3, -0.25) is 4.79 Å². The van der Waals surface area contributed by atoms with Crippen LogP contribution in [0.15, 0.2) is 42.6 Å². The van der Waals surface area contributed by atoms with Crippen molar-refractivity contribution < 1.29 is 9.53 Å². The SMILES string of the molecule is CN(C)N1C=CCC2C(=O)N(Cc3ccccc3)C3OC3C21. The molecule has 3 heterocycles. The van der Waals surface area contributed by atoms with Crippen molar-refractivity contribution in [3.8, 4) is 0 Å². The first-order chi connectivity index (χ1) is 10.7. The number of carbonyl (C=O) groups is 1. The minimum atomic E-state index is -0.0668. The molecule has 0 bridgehead atoms. The van der Waals surface area contributed by atoms with Crippen molar-refractivity contribution in [3.05, 3.63) is 48.2 Å². The Morgan fingerprint density at radius 3 is 2.77 bits per heavy atom. The molecule has 1 amide bonds. The maximum Gasteiger partial charge on any atom is 0.230 e. The van der Waals surface area contributed by atoms with E-state index in [2.05, 4.69) is 29.4 Å². The van der Waals surface area contributed by atoms with E-state index in [1.165, 1.54) is 0 Å². The van der Waals surface area contributed by atoms with E-state index in [1.807, 2.05) is 42.2 Å². The average molecular weight is 299 g/mol. The lowest BCUT2D eigenvalue weighted by molar-refractivity contribution is -0.145. The zero-order chi connectivity index (χ0) is 15.3. The first-order valence-electron chi connectivity index (χ1n) is 7.79. The average Bonchev–Trinajstić information content (AvgIpc) is 3.32. The Morgan fingerprint density at radius 2 is 2.05 bits per heavy atom. The first kappa shape index (κ1) is 13.8. The maximum absolute atomic E-state index is 12.9. The Labute approximate surface area is 130 Å². The molecular formula is C17H21N3O2. The Morgan fingerprint density at radius 1 is 1.27 bits per heavy atom. The second kappa shape index (κ2) is 5.11. The summed E-state index contributed by atoms with van der Waals surface area (Å²) >= 11 is 0. The summed E-state index contributed by atoms with van der Waals surface area (Å²) in [6, 6.07) is 10.3. The second-order valence-electron chi connectivity index (χ2n) is 6.39. The van der Waals surface area contributed by atoms with E-state index in [-0.39, 0.29) is 30.2 Å². The van der Waals surface area contributed by atoms with Crippen LogP contribution in [-0.2, 0) is 16.1 Å². The van der Waals surface area contributed by atoms with Gasteiger partial charge in [0.25, 0.3) is 0 Å². The molecule has 3 aliphatic rings. The smallest absolute Gasteiger partial charge is 0.230 e. The summed E-state index contributed by atoms with van der Waals surface area (Å²) in [5.41, 5.74) is 1.15. The number of piperidine rings is 1. The fraction of sp³-hybridized carbons (Fsp3) is 0.471. The molecular weight excluding hydrogens is 278 g/mol. The van der Waals surface area contributed by atoms with Gasteiger partial charge in [-0.25, -0.2) is 5.01 Å². The summed E-state index contributed by atoms with van der Waals surface area (Å²) in [6.07, 6.45) is 5.01. The van der Waals surface area contributed by atoms with Crippen LogP contribution in [0.5, 0.6) is 0 Å². The van der Waals surface area contributed by atoms with Crippen LogP contribution in [0.1, 0.15) is 12.0 Å². The lowest BCUT2D eigenvalue weighted by Gasteiger charge is -2.44. The number of nitrogens with zero attached hydrogens (tertiary/aromatic N) is 3. The molecule has 3 aliphatic heterocycles. The van der Waals surface area contributed by atoms with Crippen molar-refractivity contribution in [1.29, 1.82) is 0 Å². The van der Waals surface area contributed by atoms with Crippen molar-refractivity contribution in [3.63, 3.8) is 0 Å². The van der Waals surface area contributed by atoms with Crippen LogP contribution in [0.25, 0.3) is 0 Å². The van der Waals surface area contributed by atoms with Crippen LogP contribution in [0.4, 0.5) is 0 Å². The molecule has 0 aromatic heterocycles. The van der Waals surface area contributed by atoms with Gasteiger partial charge in [-0.15, -0.1) is 0 Å². The van der Waals surface area contributed by atoms with Crippen molar-refractivity contribution >= 4 is 5.91 Å². The van der Waals surface area contributed by atoms with Gasteiger partial charge in [-0.05, 0) is 12.0 Å². The first-order valence-corrected chi connectivity index (χ1v) is 7.79. The minimum Gasteiger partial charge on any atom is -0.345 e. The van der Waals surface area contributed by atoms with Gasteiger partial charge < -0.3 is 14.6 Å². The van der Waals surface area contributed by atoms with Crippen molar-refractivity contribution in [2.24, 2.45) is 5.92 Å². The van der Waals surface area contributed by atoms with Crippen LogP contribution in [-0.4, -0.2) is 53.3 Å². The van der Waals surface area contributed by atoms with Gasteiger partial charge >= 0.3 is 0 Å². The fourth-order valence-electron chi connectivity index (χ4n) is 3.67. The zero-order valence-electron chi connectivity index (χ0n) is 12.9. The van der Waals surface area contributed by atoms with Gasteiger partial charge in [0.1, 0.15) is 6.10 Å². The third-order valence-electron chi connectivity index (χ3n) is 4.77. The van der Waals surface area contributed by atoms with E-state index in [1.54, 1.807) is 0 Å². The number of rotatable bonds is 3. The number of hydrogen-bond acceptors (Lipinski definition) is 4. The normalized spacial score (nSPS) is 33.0. The Bertz CT molecular complexity index is 601. The topological polar surface area (TPSA) is 39.3 Å². The predicted molar refractivity (Wildman–Crippen MR) is 82.2 cm³/mol. The molecule has 0 spiro atoms. The molecule has 1 aromatic rings. The predicted octanol–water partition coefficient (Wildman–Crippen LogP) is 1.43. The highest BCUT2D eigenvalue weighted by molar-refractivity contribution is 5.82. The monoisotopic (exact) mass is 299 g/mol. The Balaban J connectivity index is 1.58. The number of allylic oxidation sites excluding steroid dienone is 1. The lowest BCUT2D eigenvalue weighted by atomic mass is 9.86. The molecule has 4 rings (SSSR count). The summed E-state index contributed by atoms with van der Waals surface area (Å²) < 4.78 is 5.89. The summed E-state index contributed by atoms with van der Waals surface area (Å²) in [5.74, 6) is 0.198. The van der Waals surface area contributed by atoms with E-state index in [0.29, 0.717) is 6.54 Å². The molecule has 0 aliphatic carbocycles. The van der Waals surface area contributed by atoms with Crippen LogP contribution in [0.2, 0.25) is 0 Å². The maximum atomic E-state index is 12.9.